The van der Waals surface area contributed by atoms with Crippen molar-refractivity contribution in [3.05, 3.63) is 58.1 Å². The van der Waals surface area contributed by atoms with E-state index in [0.29, 0.717) is 11.6 Å². The van der Waals surface area contributed by atoms with Gasteiger partial charge in [0.15, 0.2) is 6.10 Å². The van der Waals surface area contributed by atoms with E-state index in [0.717, 1.165) is 11.6 Å². The van der Waals surface area contributed by atoms with Gasteiger partial charge in [0.25, 0.3) is 11.6 Å². The van der Waals surface area contributed by atoms with Gasteiger partial charge in [0.1, 0.15) is 12.2 Å². The summed E-state index contributed by atoms with van der Waals surface area (Å²) in [6.45, 7) is 4.69. The summed E-state index contributed by atoms with van der Waals surface area (Å²) in [6, 6.07) is 10.6. The van der Waals surface area contributed by atoms with Crippen molar-refractivity contribution in [1.82, 2.24) is 4.72 Å². The molecule has 2 rings (SSSR count). The van der Waals surface area contributed by atoms with E-state index in [1.165, 1.54) is 24.0 Å². The largest absolute Gasteiger partial charge is 0.452 e. The van der Waals surface area contributed by atoms with E-state index in [9.17, 15) is 28.1 Å². The summed E-state index contributed by atoms with van der Waals surface area (Å²) in [5, 5.41) is 13.9. The number of nitrogens with zero attached hydrogens (tertiary/aromatic N) is 2. The number of esters is 1. The standard InChI is InChI=1S/C22H28N4O7S/c1-14(2)16-6-8-17(9-7-16)24-22(28)15(3)33-21(27)13-23-34(31,32)18-10-11-19(25(4)5)20(12-18)26(29)30/h6-12,14-15,23H,13H2,1-5H3,(H,24,28). The number of hydrogen-bond acceptors (Lipinski definition) is 8. The molecule has 0 fully saturated rings. The maximum absolute atomic E-state index is 12.5. The Bertz CT molecular complexity index is 1160. The molecule has 1 unspecified atom stereocenters. The van der Waals surface area contributed by atoms with E-state index in [4.69, 9.17) is 4.74 Å². The van der Waals surface area contributed by atoms with Crippen LogP contribution in [0.1, 0.15) is 32.3 Å². The number of hydrogen-bond donors (Lipinski definition) is 2. The molecule has 0 aliphatic carbocycles. The molecule has 184 valence electrons. The molecule has 0 radical (unpaired) electrons. The van der Waals surface area contributed by atoms with E-state index in [1.807, 2.05) is 30.7 Å². The minimum atomic E-state index is -4.24. The summed E-state index contributed by atoms with van der Waals surface area (Å²) in [6.07, 6.45) is -1.18. The van der Waals surface area contributed by atoms with E-state index >= 15 is 0 Å². The summed E-state index contributed by atoms with van der Waals surface area (Å²) in [7, 11) is -1.07. The molecule has 2 N–H and O–H groups in total. The summed E-state index contributed by atoms with van der Waals surface area (Å²) in [5.74, 6) is -1.23. The first kappa shape index (κ1) is 26.7. The first-order chi connectivity index (χ1) is 15.8. The van der Waals surface area contributed by atoms with Crippen molar-refractivity contribution in [3.8, 4) is 0 Å². The van der Waals surface area contributed by atoms with Crippen molar-refractivity contribution >= 4 is 39.0 Å². The lowest BCUT2D eigenvalue weighted by Gasteiger charge is -2.15. The van der Waals surface area contributed by atoms with Gasteiger partial charge in [-0.2, -0.15) is 4.72 Å². The maximum Gasteiger partial charge on any atom is 0.321 e. The molecular weight excluding hydrogens is 464 g/mol. The number of ether oxygens (including phenoxy) is 1. The van der Waals surface area contributed by atoms with Crippen molar-refractivity contribution in [1.29, 1.82) is 0 Å². The highest BCUT2D eigenvalue weighted by molar-refractivity contribution is 7.89. The lowest BCUT2D eigenvalue weighted by molar-refractivity contribution is -0.384. The second kappa shape index (κ2) is 11.1. The van der Waals surface area contributed by atoms with E-state index in [-0.39, 0.29) is 10.6 Å². The molecule has 0 spiro atoms. The summed E-state index contributed by atoms with van der Waals surface area (Å²) >= 11 is 0. The van der Waals surface area contributed by atoms with Crippen molar-refractivity contribution in [2.45, 2.75) is 37.7 Å². The molecule has 2 aromatic carbocycles. The lowest BCUT2D eigenvalue weighted by Crippen LogP contribution is -2.35. The molecule has 0 saturated carbocycles. The average Bonchev–Trinajstić information content (AvgIpc) is 2.77. The van der Waals surface area contributed by atoms with E-state index < -0.39 is 45.2 Å². The molecule has 11 nitrogen and oxygen atoms in total. The van der Waals surface area contributed by atoms with Crippen LogP contribution in [-0.2, 0) is 24.3 Å². The Morgan fingerprint density at radius 1 is 1.09 bits per heavy atom. The second-order valence-corrected chi connectivity index (χ2v) is 9.79. The van der Waals surface area contributed by atoms with Crippen LogP contribution in [0.25, 0.3) is 0 Å². The van der Waals surface area contributed by atoms with Gasteiger partial charge >= 0.3 is 5.97 Å². The fourth-order valence-electron chi connectivity index (χ4n) is 2.92. The lowest BCUT2D eigenvalue weighted by atomic mass is 10.0. The van der Waals surface area contributed by atoms with Gasteiger partial charge in [-0.25, -0.2) is 8.42 Å². The number of carbonyl (C=O) groups is 2. The van der Waals surface area contributed by atoms with E-state index in [2.05, 4.69) is 5.32 Å². The van der Waals surface area contributed by atoms with Crippen LogP contribution in [0.2, 0.25) is 0 Å². The molecule has 0 aliphatic rings. The number of nitro groups is 1. The fourth-order valence-corrected chi connectivity index (χ4v) is 3.91. The van der Waals surface area contributed by atoms with Crippen molar-refractivity contribution < 1.29 is 27.7 Å². The Morgan fingerprint density at radius 2 is 1.71 bits per heavy atom. The van der Waals surface area contributed by atoms with Crippen molar-refractivity contribution in [2.24, 2.45) is 0 Å². The predicted octanol–water partition coefficient (Wildman–Crippen LogP) is 2.63. The van der Waals surface area contributed by atoms with Gasteiger partial charge in [0.05, 0.1) is 9.82 Å². The quantitative estimate of drug-likeness (QED) is 0.292. The van der Waals surface area contributed by atoms with Crippen LogP contribution in [0, 0.1) is 10.1 Å². The molecule has 0 aromatic heterocycles. The molecule has 0 heterocycles. The third-order valence-corrected chi connectivity index (χ3v) is 6.26. The number of benzene rings is 2. The highest BCUT2D eigenvalue weighted by Crippen LogP contribution is 2.29. The van der Waals surface area contributed by atoms with Crippen molar-refractivity contribution in [2.75, 3.05) is 30.9 Å². The van der Waals surface area contributed by atoms with E-state index in [1.54, 1.807) is 26.2 Å². The summed E-state index contributed by atoms with van der Waals surface area (Å²) < 4.78 is 32.0. The number of carbonyl (C=O) groups excluding carboxylic acids is 2. The second-order valence-electron chi connectivity index (χ2n) is 8.02. The van der Waals surface area contributed by atoms with Crippen LogP contribution in [-0.4, -0.2) is 52.0 Å². The normalized spacial score (nSPS) is 12.2. The van der Waals surface area contributed by atoms with Crippen LogP contribution in [0.15, 0.2) is 47.4 Å². The number of sulfonamides is 1. The average molecular weight is 493 g/mol. The molecule has 0 saturated heterocycles. The Labute approximate surface area is 198 Å². The molecule has 0 aliphatic heterocycles. The van der Waals surface area contributed by atoms with Crippen molar-refractivity contribution in [3.63, 3.8) is 0 Å². The molecule has 1 atom stereocenters. The van der Waals surface area contributed by atoms with Gasteiger partial charge in [-0.1, -0.05) is 26.0 Å². The Hall–Kier alpha value is -3.51. The third kappa shape index (κ3) is 6.99. The highest BCUT2D eigenvalue weighted by atomic mass is 32.2. The minimum Gasteiger partial charge on any atom is -0.452 e. The molecule has 2 aromatic rings. The van der Waals surface area contributed by atoms with Crippen LogP contribution < -0.4 is 14.9 Å². The molecule has 0 bridgehead atoms. The maximum atomic E-state index is 12.5. The summed E-state index contributed by atoms with van der Waals surface area (Å²) in [4.78, 5) is 36.1. The number of rotatable bonds is 10. The first-order valence-corrected chi connectivity index (χ1v) is 11.9. The van der Waals surface area contributed by atoms with Gasteiger partial charge < -0.3 is 15.0 Å². The molecular formula is C22H28N4O7S. The SMILES string of the molecule is CC(OC(=O)CNS(=O)(=O)c1ccc(N(C)C)c([N+](=O)[O-])c1)C(=O)Nc1ccc(C(C)C)cc1. The number of anilines is 2. The van der Waals surface area contributed by atoms with Gasteiger partial charge in [0, 0.05) is 25.8 Å². The Kier molecular flexibility index (Phi) is 8.71. The summed E-state index contributed by atoms with van der Waals surface area (Å²) in [5.41, 5.74) is 1.46. The smallest absolute Gasteiger partial charge is 0.321 e. The number of nitrogens with one attached hydrogen (secondary N) is 2. The Balaban J connectivity index is 1.97. The van der Waals surface area contributed by atoms with Gasteiger partial charge in [0.2, 0.25) is 10.0 Å². The molecule has 12 heteroatoms. The zero-order valence-electron chi connectivity index (χ0n) is 19.6. The molecule has 34 heavy (non-hydrogen) atoms. The topological polar surface area (TPSA) is 148 Å². The number of amides is 1. The minimum absolute atomic E-state index is 0.224. The van der Waals surface area contributed by atoms with Crippen LogP contribution in [0.3, 0.4) is 0 Å². The van der Waals surface area contributed by atoms with Crippen LogP contribution in [0.5, 0.6) is 0 Å². The first-order valence-electron chi connectivity index (χ1n) is 10.4. The third-order valence-electron chi connectivity index (χ3n) is 4.86. The molecule has 1 amide bonds. The monoisotopic (exact) mass is 492 g/mol. The fraction of sp³-hybridized carbons (Fsp3) is 0.364. The van der Waals surface area contributed by atoms with Gasteiger partial charge in [-0.3, -0.25) is 19.7 Å². The van der Waals surface area contributed by atoms with Gasteiger partial charge in [-0.05, 0) is 42.7 Å². The number of nitro benzene ring substituents is 1. The van der Waals surface area contributed by atoms with Crippen LogP contribution >= 0.6 is 0 Å². The Morgan fingerprint density at radius 3 is 2.24 bits per heavy atom. The van der Waals surface area contributed by atoms with Crippen LogP contribution in [0.4, 0.5) is 17.1 Å². The highest BCUT2D eigenvalue weighted by Gasteiger charge is 2.24. The van der Waals surface area contributed by atoms with Gasteiger partial charge in [-0.15, -0.1) is 0 Å². The predicted molar refractivity (Wildman–Crippen MR) is 127 cm³/mol. The zero-order valence-corrected chi connectivity index (χ0v) is 20.4. The zero-order chi connectivity index (χ0) is 25.6.